The van der Waals surface area contributed by atoms with Gasteiger partial charge in [0.2, 0.25) is 0 Å². The Morgan fingerprint density at radius 2 is 1.94 bits per heavy atom. The lowest BCUT2D eigenvalue weighted by atomic mass is 10.1. The lowest BCUT2D eigenvalue weighted by Crippen LogP contribution is -2.12. The van der Waals surface area contributed by atoms with Crippen molar-refractivity contribution in [3.63, 3.8) is 0 Å². The van der Waals surface area contributed by atoms with E-state index in [2.05, 4.69) is 4.98 Å². The Labute approximate surface area is 85.5 Å². The van der Waals surface area contributed by atoms with E-state index in [1.807, 2.05) is 0 Å². The summed E-state index contributed by atoms with van der Waals surface area (Å²) >= 11 is 0. The molecule has 0 radical (unpaired) electrons. The van der Waals surface area contributed by atoms with Crippen molar-refractivity contribution in [1.82, 2.24) is 4.98 Å². The van der Waals surface area contributed by atoms with Gasteiger partial charge < -0.3 is 5.11 Å². The van der Waals surface area contributed by atoms with Crippen LogP contribution in [0, 0.1) is 0 Å². The summed E-state index contributed by atoms with van der Waals surface area (Å²) < 4.78 is 61.0. The van der Waals surface area contributed by atoms with E-state index in [0.29, 0.717) is 6.07 Å². The first kappa shape index (κ1) is 12.3. The van der Waals surface area contributed by atoms with Crippen molar-refractivity contribution >= 4 is 6.29 Å². The summed E-state index contributed by atoms with van der Waals surface area (Å²) in [6, 6.07) is 0.310. The highest BCUT2D eigenvalue weighted by Crippen LogP contribution is 2.36. The average Bonchev–Trinajstić information content (AvgIpc) is 2.14. The van der Waals surface area contributed by atoms with E-state index in [-0.39, 0.29) is 6.29 Å². The van der Waals surface area contributed by atoms with Gasteiger partial charge in [0.1, 0.15) is 11.4 Å². The average molecular weight is 241 g/mol. The second-order valence-electron chi connectivity index (χ2n) is 2.75. The highest BCUT2D eigenvalue weighted by Gasteiger charge is 2.37. The molecule has 1 heterocycles. The molecule has 0 amide bonds. The highest BCUT2D eigenvalue weighted by atomic mass is 19.4. The third kappa shape index (κ3) is 2.26. The van der Waals surface area contributed by atoms with Crippen LogP contribution in [0.1, 0.15) is 28.2 Å². The molecule has 0 saturated carbocycles. The van der Waals surface area contributed by atoms with E-state index in [1.54, 1.807) is 0 Å². The molecule has 0 fully saturated rings. The van der Waals surface area contributed by atoms with E-state index >= 15 is 0 Å². The molecular weight excluding hydrogens is 237 g/mol. The van der Waals surface area contributed by atoms with Crippen molar-refractivity contribution in [3.05, 3.63) is 23.0 Å². The minimum Gasteiger partial charge on any atom is -0.506 e. The molecule has 0 atom stereocenters. The van der Waals surface area contributed by atoms with Crippen molar-refractivity contribution in [2.45, 2.75) is 12.6 Å². The maximum atomic E-state index is 12.2. The summed E-state index contributed by atoms with van der Waals surface area (Å²) in [5, 5.41) is 8.88. The zero-order valence-corrected chi connectivity index (χ0v) is 7.42. The number of hydrogen-bond donors (Lipinski definition) is 1. The van der Waals surface area contributed by atoms with Gasteiger partial charge in [0.05, 0.1) is 0 Å². The lowest BCUT2D eigenvalue weighted by Gasteiger charge is -2.11. The molecule has 0 saturated heterocycles. The SMILES string of the molecule is O=Cc1cc(O)c(C(F)(F)F)nc1C(F)F. The van der Waals surface area contributed by atoms with Gasteiger partial charge in [-0.25, -0.2) is 13.8 Å². The fourth-order valence-corrected chi connectivity index (χ4v) is 1.01. The topological polar surface area (TPSA) is 50.2 Å². The van der Waals surface area contributed by atoms with E-state index in [4.69, 9.17) is 5.11 Å². The Morgan fingerprint density at radius 1 is 1.38 bits per heavy atom. The van der Waals surface area contributed by atoms with Crippen LogP contribution in [0.5, 0.6) is 5.75 Å². The van der Waals surface area contributed by atoms with Crippen molar-refractivity contribution in [2.75, 3.05) is 0 Å². The molecule has 0 aliphatic heterocycles. The molecule has 8 heteroatoms. The maximum absolute atomic E-state index is 12.2. The van der Waals surface area contributed by atoms with Gasteiger partial charge in [-0.05, 0) is 6.07 Å². The molecule has 0 spiro atoms. The number of carbonyl (C=O) groups excluding carboxylic acids is 1. The number of carbonyl (C=O) groups is 1. The largest absolute Gasteiger partial charge is 0.506 e. The van der Waals surface area contributed by atoms with Gasteiger partial charge in [-0.15, -0.1) is 0 Å². The van der Waals surface area contributed by atoms with E-state index < -0.39 is 35.3 Å². The summed E-state index contributed by atoms with van der Waals surface area (Å²) in [5.41, 5.74) is -3.92. The predicted octanol–water partition coefficient (Wildman–Crippen LogP) is 2.56. The predicted molar refractivity (Wildman–Crippen MR) is 41.2 cm³/mol. The molecule has 1 N–H and O–H groups in total. The van der Waals surface area contributed by atoms with Gasteiger partial charge in [-0.1, -0.05) is 0 Å². The van der Waals surface area contributed by atoms with Gasteiger partial charge >= 0.3 is 6.18 Å². The smallest absolute Gasteiger partial charge is 0.437 e. The summed E-state index contributed by atoms with van der Waals surface area (Å²) in [7, 11) is 0. The molecule has 1 rings (SSSR count). The summed E-state index contributed by atoms with van der Waals surface area (Å²) in [6.07, 6.45) is -8.49. The fraction of sp³-hybridized carbons (Fsp3) is 0.250. The van der Waals surface area contributed by atoms with E-state index in [0.717, 1.165) is 0 Å². The zero-order valence-electron chi connectivity index (χ0n) is 7.42. The molecule has 1 aromatic rings. The molecule has 3 nitrogen and oxygen atoms in total. The molecule has 0 bridgehead atoms. The van der Waals surface area contributed by atoms with E-state index in [1.165, 1.54) is 0 Å². The second kappa shape index (κ2) is 4.03. The standard InChI is InChI=1S/C8H4F5NO2/c9-7(10)5-3(2-15)1-4(16)6(14-5)8(11,12)13/h1-2,7,16H. The molecule has 16 heavy (non-hydrogen) atoms. The summed E-state index contributed by atoms with van der Waals surface area (Å²) in [5.74, 6) is -1.36. The minimum atomic E-state index is -5.06. The van der Waals surface area contributed by atoms with Gasteiger partial charge in [0.25, 0.3) is 6.43 Å². The Hall–Kier alpha value is -1.73. The first-order chi connectivity index (χ1) is 7.27. The van der Waals surface area contributed by atoms with Crippen LogP contribution in [-0.2, 0) is 6.18 Å². The molecule has 0 unspecified atom stereocenters. The Balaban J connectivity index is 3.45. The normalized spacial score (nSPS) is 11.9. The van der Waals surface area contributed by atoms with Crippen molar-refractivity contribution in [1.29, 1.82) is 0 Å². The van der Waals surface area contributed by atoms with Gasteiger partial charge in [0, 0.05) is 5.56 Å². The Bertz CT molecular complexity index is 416. The van der Waals surface area contributed by atoms with Gasteiger partial charge in [-0.3, -0.25) is 4.79 Å². The monoisotopic (exact) mass is 241 g/mol. The number of halogens is 5. The molecule has 0 aliphatic rings. The molecule has 1 aromatic heterocycles. The Kier molecular flexibility index (Phi) is 3.11. The number of alkyl halides is 5. The van der Waals surface area contributed by atoms with Crippen LogP contribution in [0.15, 0.2) is 6.07 Å². The third-order valence-electron chi connectivity index (χ3n) is 1.67. The molecular formula is C8H4F5NO2. The van der Waals surface area contributed by atoms with Crippen molar-refractivity contribution in [3.8, 4) is 5.75 Å². The number of hydrogen-bond acceptors (Lipinski definition) is 3. The van der Waals surface area contributed by atoms with Crippen LogP contribution in [0.25, 0.3) is 0 Å². The van der Waals surface area contributed by atoms with Crippen LogP contribution < -0.4 is 0 Å². The van der Waals surface area contributed by atoms with Crippen molar-refractivity contribution in [2.24, 2.45) is 0 Å². The van der Waals surface area contributed by atoms with Crippen LogP contribution >= 0.6 is 0 Å². The number of aromatic nitrogens is 1. The lowest BCUT2D eigenvalue weighted by molar-refractivity contribution is -0.142. The van der Waals surface area contributed by atoms with Gasteiger partial charge in [0.15, 0.2) is 12.0 Å². The van der Waals surface area contributed by atoms with Crippen LogP contribution in [0.4, 0.5) is 22.0 Å². The summed E-state index contributed by atoms with van der Waals surface area (Å²) in [6.45, 7) is 0. The zero-order chi connectivity index (χ0) is 12.5. The fourth-order valence-electron chi connectivity index (χ4n) is 1.01. The number of pyridine rings is 1. The first-order valence-corrected chi connectivity index (χ1v) is 3.81. The molecule has 0 aromatic carbocycles. The first-order valence-electron chi connectivity index (χ1n) is 3.81. The maximum Gasteiger partial charge on any atom is 0.437 e. The van der Waals surface area contributed by atoms with Gasteiger partial charge in [-0.2, -0.15) is 13.2 Å². The number of aromatic hydroxyl groups is 1. The number of nitrogens with zero attached hydrogens (tertiary/aromatic N) is 1. The van der Waals surface area contributed by atoms with Crippen LogP contribution in [0.3, 0.4) is 0 Å². The van der Waals surface area contributed by atoms with Crippen LogP contribution in [0.2, 0.25) is 0 Å². The van der Waals surface area contributed by atoms with E-state index in [9.17, 15) is 26.7 Å². The third-order valence-corrected chi connectivity index (χ3v) is 1.67. The molecule has 0 aliphatic carbocycles. The summed E-state index contributed by atoms with van der Waals surface area (Å²) in [4.78, 5) is 12.8. The quantitative estimate of drug-likeness (QED) is 0.639. The highest BCUT2D eigenvalue weighted by molar-refractivity contribution is 5.77. The number of aldehydes is 1. The Morgan fingerprint density at radius 3 is 2.31 bits per heavy atom. The van der Waals surface area contributed by atoms with Crippen LogP contribution in [-0.4, -0.2) is 16.4 Å². The molecule has 88 valence electrons. The van der Waals surface area contributed by atoms with Crippen molar-refractivity contribution < 1.29 is 31.9 Å². The number of rotatable bonds is 2. The minimum absolute atomic E-state index is 0.103. The second-order valence-corrected chi connectivity index (χ2v) is 2.75.